The number of hydrogen-bond donors (Lipinski definition) is 3. The molecule has 3 rings (SSSR count). The van der Waals surface area contributed by atoms with Crippen LogP contribution in [0.15, 0.2) is 64.5 Å². The average molecular weight is 353 g/mol. The number of fused-ring (bicyclic) bond motifs is 1. The van der Waals surface area contributed by atoms with E-state index in [1.807, 2.05) is 42.1 Å². The van der Waals surface area contributed by atoms with Gasteiger partial charge in [0.1, 0.15) is 5.82 Å². The van der Waals surface area contributed by atoms with Crippen molar-refractivity contribution in [2.24, 2.45) is 4.99 Å². The van der Waals surface area contributed by atoms with Gasteiger partial charge in [-0.1, -0.05) is 30.3 Å². The number of hydrogen-bond acceptors (Lipinski definition) is 3. The summed E-state index contributed by atoms with van der Waals surface area (Å²) in [6.45, 7) is 1.65. The van der Waals surface area contributed by atoms with E-state index in [0.29, 0.717) is 0 Å². The molecule has 0 aliphatic heterocycles. The number of aliphatic imine (C=N–C) groups is 1. The van der Waals surface area contributed by atoms with E-state index in [1.54, 1.807) is 7.05 Å². The first-order valence-corrected chi connectivity index (χ1v) is 9.40. The number of guanidine groups is 1. The third-order valence-electron chi connectivity index (χ3n) is 3.72. The van der Waals surface area contributed by atoms with Crippen molar-refractivity contribution in [3.05, 3.63) is 60.4 Å². The maximum Gasteiger partial charge on any atom is 0.191 e. The summed E-state index contributed by atoms with van der Waals surface area (Å²) >= 11 is 1.84. The van der Waals surface area contributed by atoms with Crippen LogP contribution in [0, 0.1) is 0 Å². The molecule has 2 aromatic carbocycles. The average Bonchev–Trinajstić information content (AvgIpc) is 3.07. The zero-order valence-electron chi connectivity index (χ0n) is 14.3. The lowest BCUT2D eigenvalue weighted by molar-refractivity contribution is 0.789. The van der Waals surface area contributed by atoms with Crippen LogP contribution in [0.1, 0.15) is 5.82 Å². The maximum atomic E-state index is 4.59. The third-order valence-corrected chi connectivity index (χ3v) is 4.74. The van der Waals surface area contributed by atoms with Gasteiger partial charge in [0.15, 0.2) is 5.96 Å². The molecule has 0 spiro atoms. The summed E-state index contributed by atoms with van der Waals surface area (Å²) in [5, 5.41) is 6.67. The molecule has 0 saturated carbocycles. The van der Waals surface area contributed by atoms with Gasteiger partial charge in [-0.25, -0.2) is 4.98 Å². The van der Waals surface area contributed by atoms with Crippen molar-refractivity contribution >= 4 is 28.8 Å². The molecule has 0 amide bonds. The number of imidazole rings is 1. The first kappa shape index (κ1) is 17.4. The van der Waals surface area contributed by atoms with E-state index in [0.717, 1.165) is 48.1 Å². The van der Waals surface area contributed by atoms with Crippen LogP contribution >= 0.6 is 11.8 Å². The highest BCUT2D eigenvalue weighted by molar-refractivity contribution is 7.99. The summed E-state index contributed by atoms with van der Waals surface area (Å²) in [7, 11) is 1.79. The molecule has 0 radical (unpaired) electrons. The molecule has 25 heavy (non-hydrogen) atoms. The molecule has 0 unspecified atom stereocenters. The van der Waals surface area contributed by atoms with E-state index in [4.69, 9.17) is 0 Å². The summed E-state index contributed by atoms with van der Waals surface area (Å²) in [4.78, 5) is 13.5. The molecular formula is C19H23N5S. The fourth-order valence-electron chi connectivity index (χ4n) is 2.50. The summed E-state index contributed by atoms with van der Waals surface area (Å²) in [6, 6.07) is 18.5. The number of nitrogens with one attached hydrogen (secondary N) is 3. The molecule has 0 atom stereocenters. The number of rotatable bonds is 7. The molecule has 0 aliphatic carbocycles. The summed E-state index contributed by atoms with van der Waals surface area (Å²) in [5.41, 5.74) is 2.09. The van der Waals surface area contributed by atoms with Gasteiger partial charge in [0, 0.05) is 37.2 Å². The molecule has 6 heteroatoms. The molecule has 1 aromatic heterocycles. The summed E-state index contributed by atoms with van der Waals surface area (Å²) in [5.74, 6) is 2.81. The Kier molecular flexibility index (Phi) is 6.34. The Hall–Kier alpha value is -2.47. The zero-order chi connectivity index (χ0) is 17.3. The van der Waals surface area contributed by atoms with Crippen molar-refractivity contribution < 1.29 is 0 Å². The number of aromatic nitrogens is 2. The molecule has 130 valence electrons. The van der Waals surface area contributed by atoms with Gasteiger partial charge in [0.2, 0.25) is 0 Å². The smallest absolute Gasteiger partial charge is 0.191 e. The Morgan fingerprint density at radius 2 is 1.80 bits per heavy atom. The minimum Gasteiger partial charge on any atom is -0.356 e. The molecule has 0 fully saturated rings. The van der Waals surface area contributed by atoms with Crippen LogP contribution in [0.4, 0.5) is 0 Å². The van der Waals surface area contributed by atoms with Gasteiger partial charge in [-0.15, -0.1) is 11.8 Å². The Morgan fingerprint density at radius 1 is 1.04 bits per heavy atom. The quantitative estimate of drug-likeness (QED) is 0.264. The monoisotopic (exact) mass is 353 g/mol. The van der Waals surface area contributed by atoms with Crippen molar-refractivity contribution in [1.82, 2.24) is 20.6 Å². The Morgan fingerprint density at radius 3 is 2.60 bits per heavy atom. The van der Waals surface area contributed by atoms with E-state index in [9.17, 15) is 0 Å². The second kappa shape index (κ2) is 9.13. The second-order valence-electron chi connectivity index (χ2n) is 5.54. The number of aromatic amines is 1. The molecule has 3 aromatic rings. The van der Waals surface area contributed by atoms with Crippen LogP contribution in [-0.4, -0.2) is 41.8 Å². The van der Waals surface area contributed by atoms with Crippen LogP contribution < -0.4 is 10.6 Å². The van der Waals surface area contributed by atoms with Gasteiger partial charge in [0.05, 0.1) is 11.0 Å². The topological polar surface area (TPSA) is 65.1 Å². The molecule has 0 bridgehead atoms. The predicted molar refractivity (Wildman–Crippen MR) is 106 cm³/mol. The molecule has 5 nitrogen and oxygen atoms in total. The standard InChI is InChI=1S/C19H23N5S/c1-20-19(22-13-14-25-15-7-3-2-4-8-15)21-12-11-18-23-16-9-5-6-10-17(16)24-18/h2-10H,11-14H2,1H3,(H,23,24)(H2,20,21,22). The minimum atomic E-state index is 0.783. The first-order chi connectivity index (χ1) is 12.3. The number of benzene rings is 2. The van der Waals surface area contributed by atoms with Crippen LogP contribution in [0.25, 0.3) is 11.0 Å². The highest BCUT2D eigenvalue weighted by atomic mass is 32.2. The fraction of sp³-hybridized carbons (Fsp3) is 0.263. The van der Waals surface area contributed by atoms with Crippen molar-refractivity contribution in [1.29, 1.82) is 0 Å². The summed E-state index contributed by atoms with van der Waals surface area (Å²) < 4.78 is 0. The van der Waals surface area contributed by atoms with Crippen molar-refractivity contribution in [3.8, 4) is 0 Å². The number of H-pyrrole nitrogens is 1. The number of nitrogens with zero attached hydrogens (tertiary/aromatic N) is 2. The van der Waals surface area contributed by atoms with Crippen LogP contribution in [0.2, 0.25) is 0 Å². The van der Waals surface area contributed by atoms with Gasteiger partial charge in [-0.05, 0) is 24.3 Å². The Labute approximate surface area is 152 Å². The lowest BCUT2D eigenvalue weighted by Gasteiger charge is -2.11. The van der Waals surface area contributed by atoms with Crippen molar-refractivity contribution in [3.63, 3.8) is 0 Å². The second-order valence-corrected chi connectivity index (χ2v) is 6.71. The molecule has 0 saturated heterocycles. The molecule has 1 heterocycles. The Bertz CT molecular complexity index is 780. The minimum absolute atomic E-state index is 0.783. The van der Waals surface area contributed by atoms with E-state index < -0.39 is 0 Å². The highest BCUT2D eigenvalue weighted by Crippen LogP contribution is 2.15. The highest BCUT2D eigenvalue weighted by Gasteiger charge is 2.03. The molecular weight excluding hydrogens is 330 g/mol. The molecule has 3 N–H and O–H groups in total. The van der Waals surface area contributed by atoms with E-state index >= 15 is 0 Å². The lowest BCUT2D eigenvalue weighted by atomic mass is 10.3. The van der Waals surface area contributed by atoms with Crippen molar-refractivity contribution in [2.45, 2.75) is 11.3 Å². The van der Waals surface area contributed by atoms with Gasteiger partial charge in [-0.2, -0.15) is 0 Å². The van der Waals surface area contributed by atoms with E-state index in [2.05, 4.69) is 49.9 Å². The van der Waals surface area contributed by atoms with Gasteiger partial charge >= 0.3 is 0 Å². The summed E-state index contributed by atoms with van der Waals surface area (Å²) in [6.07, 6.45) is 0.828. The number of para-hydroxylation sites is 2. The van der Waals surface area contributed by atoms with E-state index in [-0.39, 0.29) is 0 Å². The number of thioether (sulfide) groups is 1. The van der Waals surface area contributed by atoms with Crippen LogP contribution in [-0.2, 0) is 6.42 Å². The zero-order valence-corrected chi connectivity index (χ0v) is 15.1. The third kappa shape index (κ3) is 5.26. The molecule has 0 aliphatic rings. The van der Waals surface area contributed by atoms with Crippen molar-refractivity contribution in [2.75, 3.05) is 25.9 Å². The normalized spacial score (nSPS) is 11.6. The van der Waals surface area contributed by atoms with Gasteiger partial charge < -0.3 is 15.6 Å². The first-order valence-electron chi connectivity index (χ1n) is 8.41. The van der Waals surface area contributed by atoms with Gasteiger partial charge in [0.25, 0.3) is 0 Å². The Balaban J connectivity index is 1.37. The van der Waals surface area contributed by atoms with Gasteiger partial charge in [-0.3, -0.25) is 4.99 Å². The lowest BCUT2D eigenvalue weighted by Crippen LogP contribution is -2.39. The fourth-order valence-corrected chi connectivity index (χ4v) is 3.29. The van der Waals surface area contributed by atoms with Crippen LogP contribution in [0.5, 0.6) is 0 Å². The SMILES string of the molecule is CN=C(NCCSc1ccccc1)NCCc1nc2ccccc2[nH]1. The maximum absolute atomic E-state index is 4.59. The van der Waals surface area contributed by atoms with E-state index in [1.165, 1.54) is 4.90 Å². The predicted octanol–water partition coefficient (Wildman–Crippen LogP) is 3.06. The van der Waals surface area contributed by atoms with Crippen LogP contribution in [0.3, 0.4) is 0 Å². The largest absolute Gasteiger partial charge is 0.356 e.